The molecule has 0 spiro atoms. The van der Waals surface area contributed by atoms with Gasteiger partial charge in [0, 0.05) is 19.0 Å². The second-order valence-electron chi connectivity index (χ2n) is 6.92. The second-order valence-corrected chi connectivity index (χ2v) is 6.92. The molecule has 1 aliphatic heterocycles. The number of hydrogen-bond acceptors (Lipinski definition) is 5. The molecule has 6 nitrogen and oxygen atoms in total. The van der Waals surface area contributed by atoms with E-state index in [4.69, 9.17) is 0 Å². The van der Waals surface area contributed by atoms with Crippen LogP contribution in [0.2, 0.25) is 0 Å². The van der Waals surface area contributed by atoms with E-state index >= 15 is 0 Å². The molecule has 3 aromatic rings. The summed E-state index contributed by atoms with van der Waals surface area (Å²) in [4.78, 5) is 11.6. The van der Waals surface area contributed by atoms with Crippen molar-refractivity contribution >= 4 is 16.9 Å². The minimum absolute atomic E-state index is 0.376. The normalized spacial score (nSPS) is 25.8. The van der Waals surface area contributed by atoms with Crippen molar-refractivity contribution in [1.82, 2.24) is 19.7 Å². The van der Waals surface area contributed by atoms with Crippen LogP contribution in [0.4, 0.5) is 5.82 Å². The Hall–Kier alpha value is -2.47. The van der Waals surface area contributed by atoms with E-state index in [0.717, 1.165) is 54.3 Å². The average molecular weight is 321 g/mol. The maximum atomic E-state index is 10.3. The van der Waals surface area contributed by atoms with Crippen molar-refractivity contribution in [3.63, 3.8) is 0 Å². The number of anilines is 1. The quantitative estimate of drug-likeness (QED) is 0.783. The van der Waals surface area contributed by atoms with Gasteiger partial charge in [0.2, 0.25) is 0 Å². The van der Waals surface area contributed by atoms with Gasteiger partial charge in [0.05, 0.1) is 22.9 Å². The summed E-state index contributed by atoms with van der Waals surface area (Å²) in [6, 6.07) is 10.0. The Morgan fingerprint density at radius 3 is 2.83 bits per heavy atom. The van der Waals surface area contributed by atoms with Crippen LogP contribution in [0.25, 0.3) is 16.7 Å². The summed E-state index contributed by atoms with van der Waals surface area (Å²) in [7, 11) is 0. The summed E-state index contributed by atoms with van der Waals surface area (Å²) in [6.07, 6.45) is 3.58. The van der Waals surface area contributed by atoms with Crippen LogP contribution < -0.4 is 4.90 Å². The standard InChI is InChI=1S/C18H19N5O/c1-12-20-16(22-8-7-18(24)9-13(18)11-22)15-10-19-23(17(15)21-12)14-5-3-2-4-6-14/h2-6,10,13,24H,7-9,11H2,1H3/t13-,18+/m0/s1. The number of rotatable bonds is 2. The lowest BCUT2D eigenvalue weighted by Gasteiger charge is -2.30. The topological polar surface area (TPSA) is 67.1 Å². The van der Waals surface area contributed by atoms with E-state index in [2.05, 4.69) is 20.0 Å². The van der Waals surface area contributed by atoms with E-state index in [0.29, 0.717) is 5.92 Å². The molecule has 2 aliphatic rings. The predicted octanol–water partition coefficient (Wildman–Crippen LogP) is 2.09. The van der Waals surface area contributed by atoms with Crippen molar-refractivity contribution in [3.05, 3.63) is 42.4 Å². The van der Waals surface area contributed by atoms with Crippen LogP contribution in [0.15, 0.2) is 36.5 Å². The molecule has 1 N–H and O–H groups in total. The van der Waals surface area contributed by atoms with E-state index < -0.39 is 5.60 Å². The molecule has 1 saturated heterocycles. The smallest absolute Gasteiger partial charge is 0.168 e. The number of nitrogens with zero attached hydrogens (tertiary/aromatic N) is 5. The Morgan fingerprint density at radius 2 is 2.04 bits per heavy atom. The predicted molar refractivity (Wildman–Crippen MR) is 91.3 cm³/mol. The van der Waals surface area contributed by atoms with Gasteiger partial charge < -0.3 is 10.0 Å². The fraction of sp³-hybridized carbons (Fsp3) is 0.389. The van der Waals surface area contributed by atoms with Crippen LogP contribution >= 0.6 is 0 Å². The van der Waals surface area contributed by atoms with Crippen LogP contribution in [0.5, 0.6) is 0 Å². The van der Waals surface area contributed by atoms with Gasteiger partial charge >= 0.3 is 0 Å². The van der Waals surface area contributed by atoms with Crippen LogP contribution in [-0.2, 0) is 0 Å². The monoisotopic (exact) mass is 321 g/mol. The fourth-order valence-electron chi connectivity index (χ4n) is 3.78. The van der Waals surface area contributed by atoms with E-state index in [-0.39, 0.29) is 0 Å². The van der Waals surface area contributed by atoms with Gasteiger partial charge in [0.25, 0.3) is 0 Å². The minimum atomic E-state index is -0.411. The molecule has 0 radical (unpaired) electrons. The molecule has 2 atom stereocenters. The Kier molecular flexibility index (Phi) is 2.77. The third kappa shape index (κ3) is 2.03. The van der Waals surface area contributed by atoms with Crippen LogP contribution in [-0.4, -0.2) is 43.5 Å². The highest BCUT2D eigenvalue weighted by Crippen LogP contribution is 2.50. The largest absolute Gasteiger partial charge is 0.389 e. The molecular formula is C18H19N5O. The molecule has 5 rings (SSSR count). The van der Waals surface area contributed by atoms with Gasteiger partial charge in [-0.05, 0) is 31.9 Å². The molecule has 0 amide bonds. The highest BCUT2D eigenvalue weighted by Gasteiger charge is 2.55. The summed E-state index contributed by atoms with van der Waals surface area (Å²) in [5, 5.41) is 15.8. The highest BCUT2D eigenvalue weighted by atomic mass is 16.3. The number of para-hydroxylation sites is 1. The van der Waals surface area contributed by atoms with Crippen molar-refractivity contribution in [2.24, 2.45) is 5.92 Å². The number of benzene rings is 1. The van der Waals surface area contributed by atoms with Gasteiger partial charge in [-0.15, -0.1) is 0 Å². The molecular weight excluding hydrogens is 302 g/mol. The van der Waals surface area contributed by atoms with Crippen molar-refractivity contribution in [2.75, 3.05) is 18.0 Å². The van der Waals surface area contributed by atoms with Gasteiger partial charge in [-0.2, -0.15) is 5.10 Å². The van der Waals surface area contributed by atoms with Crippen LogP contribution in [0, 0.1) is 12.8 Å². The van der Waals surface area contributed by atoms with Gasteiger partial charge in [-0.3, -0.25) is 0 Å². The number of piperidine rings is 1. The first-order valence-corrected chi connectivity index (χ1v) is 8.39. The van der Waals surface area contributed by atoms with Crippen LogP contribution in [0.3, 0.4) is 0 Å². The number of aryl methyl sites for hydroxylation is 1. The molecule has 0 unspecified atom stereocenters. The molecule has 122 valence electrons. The first kappa shape index (κ1) is 13.9. The summed E-state index contributed by atoms with van der Waals surface area (Å²) in [5.74, 6) is 2.06. The van der Waals surface area contributed by atoms with Crippen LogP contribution in [0.1, 0.15) is 18.7 Å². The Balaban J connectivity index is 1.61. The molecule has 2 fully saturated rings. The summed E-state index contributed by atoms with van der Waals surface area (Å²) >= 11 is 0. The summed E-state index contributed by atoms with van der Waals surface area (Å²) < 4.78 is 1.87. The van der Waals surface area contributed by atoms with E-state index in [9.17, 15) is 5.11 Å². The van der Waals surface area contributed by atoms with Crippen molar-refractivity contribution in [2.45, 2.75) is 25.4 Å². The summed E-state index contributed by atoms with van der Waals surface area (Å²) in [5.41, 5.74) is 1.42. The average Bonchev–Trinajstić information content (AvgIpc) is 3.09. The molecule has 1 aliphatic carbocycles. The lowest BCUT2D eigenvalue weighted by molar-refractivity contribution is 0.114. The zero-order valence-corrected chi connectivity index (χ0v) is 13.6. The highest BCUT2D eigenvalue weighted by molar-refractivity contribution is 5.88. The second kappa shape index (κ2) is 4.77. The lowest BCUT2D eigenvalue weighted by Crippen LogP contribution is -2.38. The van der Waals surface area contributed by atoms with Crippen molar-refractivity contribution in [3.8, 4) is 5.69 Å². The number of aromatic nitrogens is 4. The molecule has 6 heteroatoms. The van der Waals surface area contributed by atoms with E-state index in [1.165, 1.54) is 0 Å². The van der Waals surface area contributed by atoms with Crippen molar-refractivity contribution in [1.29, 1.82) is 0 Å². The zero-order valence-electron chi connectivity index (χ0n) is 13.6. The van der Waals surface area contributed by atoms with E-state index in [1.54, 1.807) is 0 Å². The van der Waals surface area contributed by atoms with Gasteiger partial charge in [-0.25, -0.2) is 14.6 Å². The Bertz CT molecular complexity index is 922. The van der Waals surface area contributed by atoms with Crippen molar-refractivity contribution < 1.29 is 5.11 Å². The molecule has 0 bridgehead atoms. The number of aliphatic hydroxyl groups is 1. The summed E-state index contributed by atoms with van der Waals surface area (Å²) in [6.45, 7) is 3.61. The first-order valence-electron chi connectivity index (χ1n) is 8.39. The molecule has 3 heterocycles. The van der Waals surface area contributed by atoms with Gasteiger partial charge in [0.15, 0.2) is 5.65 Å². The fourth-order valence-corrected chi connectivity index (χ4v) is 3.78. The maximum Gasteiger partial charge on any atom is 0.168 e. The third-order valence-corrected chi connectivity index (χ3v) is 5.28. The SMILES string of the molecule is Cc1nc(N2CC[C@@]3(O)C[C@H]3C2)c2cnn(-c3ccccc3)c2n1. The first-order chi connectivity index (χ1) is 11.6. The Morgan fingerprint density at radius 1 is 1.21 bits per heavy atom. The van der Waals surface area contributed by atoms with E-state index in [1.807, 2.05) is 48.1 Å². The minimum Gasteiger partial charge on any atom is -0.389 e. The number of hydrogen-bond donors (Lipinski definition) is 1. The third-order valence-electron chi connectivity index (χ3n) is 5.28. The Labute approximate surface area is 139 Å². The maximum absolute atomic E-state index is 10.3. The molecule has 1 saturated carbocycles. The zero-order chi connectivity index (χ0) is 16.3. The van der Waals surface area contributed by atoms with Gasteiger partial charge in [0.1, 0.15) is 11.6 Å². The number of fused-ring (bicyclic) bond motifs is 2. The molecule has 24 heavy (non-hydrogen) atoms. The molecule has 2 aromatic heterocycles. The molecule has 1 aromatic carbocycles. The lowest BCUT2D eigenvalue weighted by atomic mass is 10.1. The van der Waals surface area contributed by atoms with Gasteiger partial charge in [-0.1, -0.05) is 18.2 Å².